The van der Waals surface area contributed by atoms with Crippen LogP contribution in [-0.4, -0.2) is 62.0 Å². The first-order valence-electron chi connectivity index (χ1n) is 10.4. The average molecular weight is 480 g/mol. The molecule has 0 unspecified atom stereocenters. The van der Waals surface area contributed by atoms with Gasteiger partial charge in [0.25, 0.3) is 0 Å². The average Bonchev–Trinajstić information content (AvgIpc) is 3.40. The van der Waals surface area contributed by atoms with Gasteiger partial charge in [0.15, 0.2) is 5.78 Å². The normalized spacial score (nSPS) is 11.9. The second-order valence-electron chi connectivity index (χ2n) is 7.56. The number of aromatic nitrogens is 1. The van der Waals surface area contributed by atoms with Crippen molar-refractivity contribution in [2.24, 2.45) is 0 Å². The molecule has 1 aromatic heterocycles. The van der Waals surface area contributed by atoms with Gasteiger partial charge in [-0.3, -0.25) is 19.0 Å². The molecule has 10 heteroatoms. The quantitative estimate of drug-likeness (QED) is 0.524. The Morgan fingerprint density at radius 1 is 0.829 bits per heavy atom. The molecule has 0 saturated carbocycles. The fourth-order valence-electron chi connectivity index (χ4n) is 3.69. The van der Waals surface area contributed by atoms with E-state index in [4.69, 9.17) is 4.74 Å². The van der Waals surface area contributed by atoms with E-state index < -0.39 is 11.9 Å². The van der Waals surface area contributed by atoms with E-state index in [9.17, 15) is 24.0 Å². The standard InChI is InChI=1S/C13H13NO4.C12H11NO4/c1-8(15)14-7-12(17-2)10-5-4-9(6-11(10)14)13(16)18-3;1-7(14)13-6-11(15)9-4-3-8(5-10(9)13)12(16)17-2/h4-7H,1-3H3;3-5H,6H2,1-2H3. The summed E-state index contributed by atoms with van der Waals surface area (Å²) in [5, 5.41) is 0.778. The summed E-state index contributed by atoms with van der Waals surface area (Å²) in [7, 11) is 4.13. The van der Waals surface area contributed by atoms with Gasteiger partial charge in [-0.1, -0.05) is 0 Å². The van der Waals surface area contributed by atoms with Crippen molar-refractivity contribution in [2.75, 3.05) is 32.8 Å². The van der Waals surface area contributed by atoms with Crippen LogP contribution in [0.25, 0.3) is 10.9 Å². The fraction of sp³-hybridized carbons (Fsp3) is 0.240. The number of rotatable bonds is 3. The smallest absolute Gasteiger partial charge is 0.337 e. The van der Waals surface area contributed by atoms with Crippen molar-refractivity contribution in [3.05, 3.63) is 59.3 Å². The lowest BCUT2D eigenvalue weighted by atomic mass is 10.1. The minimum Gasteiger partial charge on any atom is -0.494 e. The van der Waals surface area contributed by atoms with Crippen LogP contribution in [0.2, 0.25) is 0 Å². The van der Waals surface area contributed by atoms with E-state index in [-0.39, 0.29) is 24.1 Å². The molecule has 35 heavy (non-hydrogen) atoms. The van der Waals surface area contributed by atoms with E-state index in [0.717, 1.165) is 5.39 Å². The molecule has 0 N–H and O–H groups in total. The highest BCUT2D eigenvalue weighted by Crippen LogP contribution is 2.30. The molecule has 0 atom stereocenters. The van der Waals surface area contributed by atoms with Crippen LogP contribution in [0.5, 0.6) is 5.75 Å². The van der Waals surface area contributed by atoms with Gasteiger partial charge in [-0.05, 0) is 36.4 Å². The first kappa shape index (κ1) is 25.2. The third kappa shape index (κ3) is 4.91. The predicted molar refractivity (Wildman–Crippen MR) is 126 cm³/mol. The lowest BCUT2D eigenvalue weighted by molar-refractivity contribution is -0.116. The van der Waals surface area contributed by atoms with Gasteiger partial charge in [0.05, 0.1) is 56.4 Å². The molecule has 0 radical (unpaired) electrons. The third-order valence-electron chi connectivity index (χ3n) is 5.44. The summed E-state index contributed by atoms with van der Waals surface area (Å²) in [6.45, 7) is 2.87. The van der Waals surface area contributed by atoms with Crippen molar-refractivity contribution >= 4 is 46.1 Å². The molecule has 0 bridgehead atoms. The van der Waals surface area contributed by atoms with Crippen molar-refractivity contribution in [1.82, 2.24) is 4.57 Å². The number of fused-ring (bicyclic) bond motifs is 2. The summed E-state index contributed by atoms with van der Waals surface area (Å²) in [6, 6.07) is 9.57. The number of esters is 2. The number of anilines is 1. The maximum absolute atomic E-state index is 11.6. The lowest BCUT2D eigenvalue weighted by Gasteiger charge is -2.13. The van der Waals surface area contributed by atoms with Crippen LogP contribution in [0, 0.1) is 0 Å². The number of hydrogen-bond donors (Lipinski definition) is 0. The van der Waals surface area contributed by atoms with Crippen molar-refractivity contribution in [1.29, 1.82) is 0 Å². The van der Waals surface area contributed by atoms with Gasteiger partial charge in [0.2, 0.25) is 11.8 Å². The Morgan fingerprint density at radius 2 is 1.43 bits per heavy atom. The number of nitrogens with zero attached hydrogens (tertiary/aromatic N) is 2. The number of amides is 1. The Morgan fingerprint density at radius 3 is 1.97 bits per heavy atom. The van der Waals surface area contributed by atoms with E-state index in [1.807, 2.05) is 0 Å². The van der Waals surface area contributed by atoms with Gasteiger partial charge in [-0.15, -0.1) is 0 Å². The lowest BCUT2D eigenvalue weighted by Crippen LogP contribution is -2.27. The van der Waals surface area contributed by atoms with Crippen LogP contribution in [0.3, 0.4) is 0 Å². The largest absolute Gasteiger partial charge is 0.494 e. The van der Waals surface area contributed by atoms with Crippen molar-refractivity contribution in [3.8, 4) is 5.75 Å². The van der Waals surface area contributed by atoms with Gasteiger partial charge in [-0.2, -0.15) is 0 Å². The Kier molecular flexibility index (Phi) is 7.34. The van der Waals surface area contributed by atoms with Gasteiger partial charge in [-0.25, -0.2) is 9.59 Å². The molecule has 0 aliphatic carbocycles. The molecule has 10 nitrogen and oxygen atoms in total. The molecule has 1 aliphatic rings. The summed E-state index contributed by atoms with van der Waals surface area (Å²) in [5.41, 5.74) is 2.29. The molecule has 2 heterocycles. The first-order valence-corrected chi connectivity index (χ1v) is 10.4. The highest BCUT2D eigenvalue weighted by atomic mass is 16.5. The number of hydrogen-bond acceptors (Lipinski definition) is 8. The topological polar surface area (TPSA) is 121 Å². The number of methoxy groups -OCH3 is 3. The van der Waals surface area contributed by atoms with E-state index in [1.54, 1.807) is 30.5 Å². The zero-order chi connectivity index (χ0) is 25.9. The molecule has 2 aromatic carbocycles. The van der Waals surface area contributed by atoms with Gasteiger partial charge in [0.1, 0.15) is 5.75 Å². The number of carbonyl (C=O) groups excluding carboxylic acids is 5. The number of Topliss-reactive ketones (excluding diaryl/α,β-unsaturated/α-hetero) is 1. The maximum atomic E-state index is 11.6. The van der Waals surface area contributed by atoms with Crippen LogP contribution >= 0.6 is 0 Å². The maximum Gasteiger partial charge on any atom is 0.337 e. The van der Waals surface area contributed by atoms with Crippen LogP contribution in [0.4, 0.5) is 5.69 Å². The van der Waals surface area contributed by atoms with Gasteiger partial charge in [0, 0.05) is 24.8 Å². The van der Waals surface area contributed by atoms with Crippen molar-refractivity contribution < 1.29 is 38.2 Å². The molecule has 0 saturated heterocycles. The van der Waals surface area contributed by atoms with Crippen molar-refractivity contribution in [3.63, 3.8) is 0 Å². The van der Waals surface area contributed by atoms with Crippen LogP contribution in [-0.2, 0) is 14.3 Å². The van der Waals surface area contributed by atoms with Crippen LogP contribution in [0.15, 0.2) is 42.6 Å². The molecule has 0 spiro atoms. The number of ketones is 1. The molecule has 4 rings (SSSR count). The zero-order valence-electron chi connectivity index (χ0n) is 19.9. The molecular formula is C25H24N2O8. The monoisotopic (exact) mass is 480 g/mol. The summed E-state index contributed by atoms with van der Waals surface area (Å²) in [5.74, 6) is -0.824. The summed E-state index contributed by atoms with van der Waals surface area (Å²) in [6.07, 6.45) is 1.61. The summed E-state index contributed by atoms with van der Waals surface area (Å²) < 4.78 is 15.9. The van der Waals surface area contributed by atoms with E-state index >= 15 is 0 Å². The predicted octanol–water partition coefficient (Wildman–Crippen LogP) is 3.12. The van der Waals surface area contributed by atoms with E-state index in [0.29, 0.717) is 33.6 Å². The number of carbonyl (C=O) groups is 5. The minimum atomic E-state index is -0.490. The zero-order valence-corrected chi connectivity index (χ0v) is 19.9. The molecule has 182 valence electrons. The molecular weight excluding hydrogens is 456 g/mol. The SMILES string of the molecule is COC(=O)c1ccc2c(OC)cn(C(C)=O)c2c1.COC(=O)c1ccc2c(c1)N(C(C)=O)CC2=O. The summed E-state index contributed by atoms with van der Waals surface area (Å²) in [4.78, 5) is 58.7. The highest BCUT2D eigenvalue weighted by Gasteiger charge is 2.29. The molecule has 3 aromatic rings. The second-order valence-corrected chi connectivity index (χ2v) is 7.56. The second kappa shape index (κ2) is 10.2. The minimum absolute atomic E-state index is 0.0370. The summed E-state index contributed by atoms with van der Waals surface area (Å²) >= 11 is 0. The van der Waals surface area contributed by atoms with Gasteiger partial charge < -0.3 is 19.1 Å². The van der Waals surface area contributed by atoms with Gasteiger partial charge >= 0.3 is 11.9 Å². The highest BCUT2D eigenvalue weighted by molar-refractivity contribution is 6.16. The molecule has 1 aliphatic heterocycles. The molecule has 0 fully saturated rings. The van der Waals surface area contributed by atoms with Crippen molar-refractivity contribution in [2.45, 2.75) is 13.8 Å². The number of ether oxygens (including phenoxy) is 3. The molecule has 1 amide bonds. The Balaban J connectivity index is 0.000000196. The fourth-order valence-corrected chi connectivity index (χ4v) is 3.69. The Labute approximate surface area is 201 Å². The number of benzene rings is 2. The van der Waals surface area contributed by atoms with Crippen LogP contribution < -0.4 is 9.64 Å². The Hall–Kier alpha value is -4.47. The van der Waals surface area contributed by atoms with E-state index in [2.05, 4.69) is 9.47 Å². The Bertz CT molecular complexity index is 1350. The van der Waals surface area contributed by atoms with Crippen LogP contribution in [0.1, 0.15) is 49.7 Å². The first-order chi connectivity index (χ1) is 16.6. The third-order valence-corrected chi connectivity index (χ3v) is 5.44. The van der Waals surface area contributed by atoms with E-state index in [1.165, 1.54) is 56.8 Å².